The van der Waals surface area contributed by atoms with Crippen LogP contribution in [0, 0.1) is 29.5 Å². The fourth-order valence-corrected chi connectivity index (χ4v) is 4.11. The molecule has 1 aromatic carbocycles. The molecule has 2 bridgehead atoms. The highest BCUT2D eigenvalue weighted by Crippen LogP contribution is 2.69. The molecular formula is C15H15F. The molecule has 4 rings (SSSR count). The molecule has 0 N–H and O–H groups in total. The summed E-state index contributed by atoms with van der Waals surface area (Å²) < 4.78 is 12.8. The first-order chi connectivity index (χ1) is 7.83. The van der Waals surface area contributed by atoms with E-state index in [1.54, 1.807) is 17.7 Å². The summed E-state index contributed by atoms with van der Waals surface area (Å²) in [5, 5.41) is 0. The third-order valence-corrected chi connectivity index (χ3v) is 4.78. The van der Waals surface area contributed by atoms with Crippen LogP contribution in [-0.4, -0.2) is 0 Å². The van der Waals surface area contributed by atoms with Crippen molar-refractivity contribution in [3.05, 3.63) is 41.2 Å². The standard InChI is InChI=1S/C15H15F/c16-12-5-1-9(2-6-12)7-13-14-10-3-4-11(8-10)15(13)14/h1-2,5-7,10-11,14-15H,3-4,8H2/t10-,11+,14-,15+. The molecule has 0 amide bonds. The van der Waals surface area contributed by atoms with E-state index in [2.05, 4.69) is 6.08 Å². The van der Waals surface area contributed by atoms with E-state index >= 15 is 0 Å². The first-order valence-electron chi connectivity index (χ1n) is 6.30. The van der Waals surface area contributed by atoms with E-state index in [-0.39, 0.29) is 5.82 Å². The van der Waals surface area contributed by atoms with Gasteiger partial charge in [-0.25, -0.2) is 4.39 Å². The van der Waals surface area contributed by atoms with Crippen molar-refractivity contribution in [1.82, 2.24) is 0 Å². The number of rotatable bonds is 1. The van der Waals surface area contributed by atoms with E-state index in [1.807, 2.05) is 12.1 Å². The molecule has 3 aliphatic carbocycles. The van der Waals surface area contributed by atoms with Crippen molar-refractivity contribution in [2.24, 2.45) is 23.7 Å². The van der Waals surface area contributed by atoms with E-state index in [4.69, 9.17) is 0 Å². The molecule has 0 unspecified atom stereocenters. The summed E-state index contributed by atoms with van der Waals surface area (Å²) in [6.07, 6.45) is 6.69. The zero-order valence-corrected chi connectivity index (χ0v) is 9.20. The summed E-state index contributed by atoms with van der Waals surface area (Å²) in [5.41, 5.74) is 2.83. The Hall–Kier alpha value is -1.11. The molecule has 16 heavy (non-hydrogen) atoms. The van der Waals surface area contributed by atoms with Gasteiger partial charge in [-0.1, -0.05) is 23.8 Å². The van der Waals surface area contributed by atoms with Gasteiger partial charge in [-0.05, 0) is 60.6 Å². The smallest absolute Gasteiger partial charge is 0.123 e. The van der Waals surface area contributed by atoms with Crippen molar-refractivity contribution < 1.29 is 4.39 Å². The van der Waals surface area contributed by atoms with Crippen molar-refractivity contribution >= 4 is 6.08 Å². The Bertz CT molecular complexity index is 439. The Balaban J connectivity index is 1.62. The summed E-state index contributed by atoms with van der Waals surface area (Å²) >= 11 is 0. The average Bonchev–Trinajstić information content (AvgIpc) is 2.72. The molecule has 1 aromatic rings. The third kappa shape index (κ3) is 1.15. The van der Waals surface area contributed by atoms with Crippen LogP contribution in [0.4, 0.5) is 4.39 Å². The number of benzene rings is 1. The first kappa shape index (κ1) is 8.98. The molecular weight excluding hydrogens is 199 g/mol. The van der Waals surface area contributed by atoms with Crippen LogP contribution >= 0.6 is 0 Å². The van der Waals surface area contributed by atoms with Crippen molar-refractivity contribution in [3.8, 4) is 0 Å². The van der Waals surface area contributed by atoms with E-state index in [9.17, 15) is 4.39 Å². The van der Waals surface area contributed by atoms with Crippen LogP contribution in [0.25, 0.3) is 6.08 Å². The van der Waals surface area contributed by atoms with Gasteiger partial charge >= 0.3 is 0 Å². The molecule has 4 atom stereocenters. The Kier molecular flexibility index (Phi) is 1.66. The second-order valence-electron chi connectivity index (χ2n) is 5.58. The molecule has 0 radical (unpaired) electrons. The fourth-order valence-electron chi connectivity index (χ4n) is 4.11. The lowest BCUT2D eigenvalue weighted by Crippen LogP contribution is -1.95. The average molecular weight is 214 g/mol. The molecule has 0 saturated heterocycles. The van der Waals surface area contributed by atoms with Gasteiger partial charge < -0.3 is 0 Å². The van der Waals surface area contributed by atoms with Crippen LogP contribution in [-0.2, 0) is 0 Å². The van der Waals surface area contributed by atoms with Crippen LogP contribution < -0.4 is 0 Å². The van der Waals surface area contributed by atoms with Gasteiger partial charge in [0.1, 0.15) is 5.82 Å². The van der Waals surface area contributed by atoms with Gasteiger partial charge in [-0.15, -0.1) is 0 Å². The molecule has 0 nitrogen and oxygen atoms in total. The summed E-state index contributed by atoms with van der Waals surface area (Å²) in [6, 6.07) is 6.88. The minimum atomic E-state index is -0.141. The number of fused-ring (bicyclic) bond motifs is 5. The Morgan fingerprint density at radius 3 is 2.25 bits per heavy atom. The summed E-state index contributed by atoms with van der Waals surface area (Å²) in [7, 11) is 0. The highest BCUT2D eigenvalue weighted by Gasteiger charge is 2.60. The Labute approximate surface area is 95.2 Å². The van der Waals surface area contributed by atoms with E-state index in [0.29, 0.717) is 0 Å². The van der Waals surface area contributed by atoms with Crippen molar-refractivity contribution in [3.63, 3.8) is 0 Å². The predicted molar refractivity (Wildman–Crippen MR) is 62.2 cm³/mol. The summed E-state index contributed by atoms with van der Waals surface area (Å²) in [5.74, 6) is 3.65. The van der Waals surface area contributed by atoms with Crippen LogP contribution in [0.1, 0.15) is 24.8 Å². The van der Waals surface area contributed by atoms with Crippen molar-refractivity contribution in [2.45, 2.75) is 19.3 Å². The lowest BCUT2D eigenvalue weighted by Gasteiger charge is -2.03. The number of hydrogen-bond acceptors (Lipinski definition) is 0. The van der Waals surface area contributed by atoms with Gasteiger partial charge in [-0.3, -0.25) is 0 Å². The highest BCUT2D eigenvalue weighted by atomic mass is 19.1. The number of allylic oxidation sites excluding steroid dienone is 1. The summed E-state index contributed by atoms with van der Waals surface area (Å²) in [4.78, 5) is 0. The van der Waals surface area contributed by atoms with Gasteiger partial charge in [0.2, 0.25) is 0 Å². The first-order valence-corrected chi connectivity index (χ1v) is 6.30. The summed E-state index contributed by atoms with van der Waals surface area (Å²) in [6.45, 7) is 0. The molecule has 3 aliphatic rings. The van der Waals surface area contributed by atoms with Gasteiger partial charge in [0, 0.05) is 0 Å². The van der Waals surface area contributed by atoms with Gasteiger partial charge in [0.25, 0.3) is 0 Å². The van der Waals surface area contributed by atoms with Crippen molar-refractivity contribution in [1.29, 1.82) is 0 Å². The van der Waals surface area contributed by atoms with Gasteiger partial charge in [0.05, 0.1) is 0 Å². The quantitative estimate of drug-likeness (QED) is 0.665. The number of halogens is 1. The highest BCUT2D eigenvalue weighted by molar-refractivity contribution is 5.61. The molecule has 3 saturated carbocycles. The van der Waals surface area contributed by atoms with E-state index in [0.717, 1.165) is 23.7 Å². The van der Waals surface area contributed by atoms with Gasteiger partial charge in [0.15, 0.2) is 0 Å². The van der Waals surface area contributed by atoms with Crippen LogP contribution in [0.15, 0.2) is 29.8 Å². The van der Waals surface area contributed by atoms with Crippen LogP contribution in [0.5, 0.6) is 0 Å². The van der Waals surface area contributed by atoms with Crippen LogP contribution in [0.2, 0.25) is 0 Å². The Morgan fingerprint density at radius 2 is 1.62 bits per heavy atom. The largest absolute Gasteiger partial charge is 0.207 e. The molecule has 3 fully saturated rings. The fraction of sp³-hybridized carbons (Fsp3) is 0.467. The normalized spacial score (nSPS) is 41.4. The molecule has 0 spiro atoms. The molecule has 0 aliphatic heterocycles. The third-order valence-electron chi connectivity index (χ3n) is 4.78. The maximum Gasteiger partial charge on any atom is 0.123 e. The monoisotopic (exact) mass is 214 g/mol. The second-order valence-corrected chi connectivity index (χ2v) is 5.58. The maximum absolute atomic E-state index is 12.8. The minimum Gasteiger partial charge on any atom is -0.207 e. The molecule has 0 heterocycles. The van der Waals surface area contributed by atoms with E-state index in [1.165, 1.54) is 24.8 Å². The SMILES string of the molecule is Fc1ccc(C=C2[C@@H]3[C@H]4CC[C@H](C4)[C@H]23)cc1. The number of hydrogen-bond donors (Lipinski definition) is 0. The molecule has 0 aromatic heterocycles. The zero-order chi connectivity index (χ0) is 10.7. The predicted octanol–water partition coefficient (Wildman–Crippen LogP) is 3.89. The van der Waals surface area contributed by atoms with E-state index < -0.39 is 0 Å². The minimum absolute atomic E-state index is 0.141. The van der Waals surface area contributed by atoms with Crippen molar-refractivity contribution in [2.75, 3.05) is 0 Å². The zero-order valence-electron chi connectivity index (χ0n) is 9.20. The topological polar surface area (TPSA) is 0 Å². The molecule has 1 heteroatoms. The maximum atomic E-state index is 12.8. The lowest BCUT2D eigenvalue weighted by molar-refractivity contribution is 0.456. The molecule has 82 valence electrons. The second kappa shape index (κ2) is 2.97. The van der Waals surface area contributed by atoms with Gasteiger partial charge in [-0.2, -0.15) is 0 Å². The van der Waals surface area contributed by atoms with Crippen LogP contribution in [0.3, 0.4) is 0 Å². The lowest BCUT2D eigenvalue weighted by atomic mass is 10.0. The Morgan fingerprint density at radius 1 is 1.00 bits per heavy atom.